The lowest BCUT2D eigenvalue weighted by Gasteiger charge is -2.35. The molecule has 1 saturated carbocycles. The van der Waals surface area contributed by atoms with Crippen molar-refractivity contribution in [2.75, 3.05) is 0 Å². The third-order valence-electron chi connectivity index (χ3n) is 5.93. The van der Waals surface area contributed by atoms with Gasteiger partial charge in [0, 0.05) is 17.9 Å². The number of hydrogen-bond acceptors (Lipinski definition) is 5. The van der Waals surface area contributed by atoms with Crippen LogP contribution in [0, 0.1) is 6.92 Å². The lowest BCUT2D eigenvalue weighted by atomic mass is 9.80. The first-order valence-corrected chi connectivity index (χ1v) is 10.1. The second-order valence-electron chi connectivity index (χ2n) is 7.93. The van der Waals surface area contributed by atoms with Crippen molar-refractivity contribution in [2.45, 2.75) is 51.0 Å². The summed E-state index contributed by atoms with van der Waals surface area (Å²) in [5.74, 6) is 1.06. The van der Waals surface area contributed by atoms with Crippen LogP contribution in [0.1, 0.15) is 49.4 Å². The Hall–Kier alpha value is -3.15. The lowest BCUT2D eigenvalue weighted by Crippen LogP contribution is -2.48. The van der Waals surface area contributed by atoms with Gasteiger partial charge in [-0.15, -0.1) is 0 Å². The van der Waals surface area contributed by atoms with Gasteiger partial charge >= 0.3 is 0 Å². The van der Waals surface area contributed by atoms with Crippen LogP contribution < -0.4 is 5.32 Å². The normalized spacial score (nSPS) is 16.3. The van der Waals surface area contributed by atoms with E-state index in [0.29, 0.717) is 11.7 Å². The molecule has 6 heteroatoms. The molecule has 0 atom stereocenters. The third-order valence-corrected chi connectivity index (χ3v) is 5.93. The highest BCUT2D eigenvalue weighted by atomic mass is 16.5. The molecule has 2 heterocycles. The van der Waals surface area contributed by atoms with Crippen molar-refractivity contribution in [1.82, 2.24) is 15.5 Å². The summed E-state index contributed by atoms with van der Waals surface area (Å²) in [7, 11) is 0. The van der Waals surface area contributed by atoms with E-state index in [-0.39, 0.29) is 12.3 Å². The molecule has 148 valence electrons. The van der Waals surface area contributed by atoms with Gasteiger partial charge in [0.25, 0.3) is 0 Å². The Morgan fingerprint density at radius 1 is 1.14 bits per heavy atom. The third kappa shape index (κ3) is 3.18. The maximum Gasteiger partial charge on any atom is 0.225 e. The number of carbonyl (C=O) groups is 1. The van der Waals surface area contributed by atoms with Crippen LogP contribution in [0.4, 0.5) is 0 Å². The number of hydrogen-bond donors (Lipinski definition) is 1. The van der Waals surface area contributed by atoms with Gasteiger partial charge in [-0.3, -0.25) is 4.79 Å². The van der Waals surface area contributed by atoms with E-state index in [4.69, 9.17) is 8.94 Å². The van der Waals surface area contributed by atoms with Crippen molar-refractivity contribution in [2.24, 2.45) is 0 Å². The fraction of sp³-hybridized carbons (Fsp3) is 0.348. The smallest absolute Gasteiger partial charge is 0.225 e. The first-order chi connectivity index (χ1) is 14.1. The largest absolute Gasteiger partial charge is 0.464 e. The molecule has 0 aliphatic heterocycles. The standard InChI is InChI=1S/C23H23N3O3/c1-15-24-22(26-29-15)23(11-5-2-6-12-23)25-20(27)13-17-14-28-19-10-9-16-7-3-4-8-18(16)21(17)19/h3-4,7-10,14H,2,5-6,11-13H2,1H3,(H,25,27). The highest BCUT2D eigenvalue weighted by Gasteiger charge is 2.39. The molecule has 1 amide bonds. The summed E-state index contributed by atoms with van der Waals surface area (Å²) in [4.78, 5) is 17.5. The maximum absolute atomic E-state index is 13.1. The van der Waals surface area contributed by atoms with Gasteiger partial charge in [0.05, 0.1) is 12.7 Å². The average Bonchev–Trinajstić information content (AvgIpc) is 3.35. The van der Waals surface area contributed by atoms with Gasteiger partial charge in [-0.2, -0.15) is 4.98 Å². The minimum Gasteiger partial charge on any atom is -0.464 e. The minimum absolute atomic E-state index is 0.0509. The maximum atomic E-state index is 13.1. The van der Waals surface area contributed by atoms with Crippen LogP contribution in [0.2, 0.25) is 0 Å². The molecule has 1 aliphatic rings. The number of amides is 1. The van der Waals surface area contributed by atoms with Gasteiger partial charge < -0.3 is 14.3 Å². The number of fused-ring (bicyclic) bond motifs is 3. The second-order valence-corrected chi connectivity index (χ2v) is 7.93. The molecule has 0 spiro atoms. The summed E-state index contributed by atoms with van der Waals surface area (Å²) in [6.07, 6.45) is 6.83. The van der Waals surface area contributed by atoms with Crippen LogP contribution in [-0.2, 0) is 16.8 Å². The molecule has 0 radical (unpaired) electrons. The first kappa shape index (κ1) is 17.9. The molecule has 1 aliphatic carbocycles. The van der Waals surface area contributed by atoms with Crippen molar-refractivity contribution >= 4 is 27.6 Å². The molecular formula is C23H23N3O3. The molecule has 0 bridgehead atoms. The predicted octanol–water partition coefficient (Wildman–Crippen LogP) is 4.80. The van der Waals surface area contributed by atoms with Gasteiger partial charge in [0.15, 0.2) is 5.82 Å². The summed E-state index contributed by atoms with van der Waals surface area (Å²) in [5.41, 5.74) is 1.14. The van der Waals surface area contributed by atoms with Crippen LogP contribution in [0.25, 0.3) is 21.7 Å². The van der Waals surface area contributed by atoms with Crippen molar-refractivity contribution in [3.63, 3.8) is 0 Å². The summed E-state index contributed by atoms with van der Waals surface area (Å²) in [6, 6.07) is 12.2. The number of nitrogens with zero attached hydrogens (tertiary/aromatic N) is 2. The number of benzene rings is 2. The van der Waals surface area contributed by atoms with Gasteiger partial charge in [-0.25, -0.2) is 0 Å². The van der Waals surface area contributed by atoms with E-state index < -0.39 is 5.54 Å². The Morgan fingerprint density at radius 2 is 1.97 bits per heavy atom. The molecule has 29 heavy (non-hydrogen) atoms. The zero-order chi connectivity index (χ0) is 19.8. The Morgan fingerprint density at radius 3 is 2.76 bits per heavy atom. The van der Waals surface area contributed by atoms with E-state index in [1.165, 1.54) is 0 Å². The Bertz CT molecular complexity index is 1180. The molecular weight excluding hydrogens is 366 g/mol. The number of aryl methyl sites for hydroxylation is 1. The van der Waals surface area contributed by atoms with Gasteiger partial charge in [-0.1, -0.05) is 54.8 Å². The zero-order valence-corrected chi connectivity index (χ0v) is 16.4. The Kier molecular flexibility index (Phi) is 4.34. The Balaban J connectivity index is 1.46. The average molecular weight is 389 g/mol. The molecule has 0 unspecified atom stereocenters. The number of rotatable bonds is 4. The highest BCUT2D eigenvalue weighted by molar-refractivity contribution is 6.08. The number of furan rings is 1. The van der Waals surface area contributed by atoms with Crippen LogP contribution in [-0.4, -0.2) is 16.0 Å². The van der Waals surface area contributed by atoms with E-state index in [9.17, 15) is 4.79 Å². The van der Waals surface area contributed by atoms with Crippen molar-refractivity contribution < 1.29 is 13.7 Å². The number of aromatic nitrogens is 2. The number of nitrogens with one attached hydrogen (secondary N) is 1. The van der Waals surface area contributed by atoms with Gasteiger partial charge in [0.2, 0.25) is 11.8 Å². The molecule has 2 aromatic heterocycles. The monoisotopic (exact) mass is 389 g/mol. The molecule has 6 nitrogen and oxygen atoms in total. The van der Waals surface area contributed by atoms with Crippen LogP contribution >= 0.6 is 0 Å². The van der Waals surface area contributed by atoms with Crippen LogP contribution in [0.5, 0.6) is 0 Å². The molecule has 1 fully saturated rings. The summed E-state index contributed by atoms with van der Waals surface area (Å²) < 4.78 is 11.0. The van der Waals surface area contributed by atoms with E-state index in [1.807, 2.05) is 24.3 Å². The van der Waals surface area contributed by atoms with E-state index in [0.717, 1.165) is 59.4 Å². The fourth-order valence-electron chi connectivity index (χ4n) is 4.54. The van der Waals surface area contributed by atoms with E-state index in [2.05, 4.69) is 27.6 Å². The highest BCUT2D eigenvalue weighted by Crippen LogP contribution is 2.36. The van der Waals surface area contributed by atoms with Crippen molar-refractivity contribution in [1.29, 1.82) is 0 Å². The summed E-state index contributed by atoms with van der Waals surface area (Å²) in [6.45, 7) is 1.78. The molecule has 0 saturated heterocycles. The van der Waals surface area contributed by atoms with E-state index >= 15 is 0 Å². The second kappa shape index (κ2) is 7.03. The molecule has 1 N–H and O–H groups in total. The van der Waals surface area contributed by atoms with Crippen LogP contribution in [0.15, 0.2) is 51.6 Å². The first-order valence-electron chi connectivity index (χ1n) is 10.1. The topological polar surface area (TPSA) is 81.2 Å². The van der Waals surface area contributed by atoms with Crippen LogP contribution in [0.3, 0.4) is 0 Å². The van der Waals surface area contributed by atoms with E-state index in [1.54, 1.807) is 13.2 Å². The van der Waals surface area contributed by atoms with Gasteiger partial charge in [0.1, 0.15) is 11.1 Å². The molecule has 5 rings (SSSR count). The summed E-state index contributed by atoms with van der Waals surface area (Å²) in [5, 5.41) is 10.6. The number of carbonyl (C=O) groups excluding carboxylic acids is 1. The predicted molar refractivity (Wildman–Crippen MR) is 109 cm³/mol. The summed E-state index contributed by atoms with van der Waals surface area (Å²) >= 11 is 0. The lowest BCUT2D eigenvalue weighted by molar-refractivity contribution is -0.123. The molecule has 2 aromatic carbocycles. The van der Waals surface area contributed by atoms with Gasteiger partial charge in [-0.05, 0) is 29.7 Å². The zero-order valence-electron chi connectivity index (χ0n) is 16.4. The molecule has 4 aromatic rings. The SMILES string of the molecule is Cc1nc(C2(NC(=O)Cc3coc4ccc5ccccc5c34)CCCCC2)no1. The fourth-order valence-corrected chi connectivity index (χ4v) is 4.54. The van der Waals surface area contributed by atoms with Crippen molar-refractivity contribution in [3.05, 3.63) is 59.9 Å². The minimum atomic E-state index is -0.547. The quantitative estimate of drug-likeness (QED) is 0.542. The van der Waals surface area contributed by atoms with Crippen molar-refractivity contribution in [3.8, 4) is 0 Å². The Labute approximate surface area is 168 Å².